The molecule has 0 aliphatic carbocycles. The van der Waals surface area contributed by atoms with Gasteiger partial charge in [-0.2, -0.15) is 10.2 Å². The maximum atomic E-state index is 11.9. The molecule has 9 heteroatoms. The van der Waals surface area contributed by atoms with E-state index in [9.17, 15) is 14.9 Å². The average molecular weight is 264 g/mol. The molecule has 0 aliphatic heterocycles. The number of amides is 1. The Hall–Kier alpha value is -2.71. The number of aryl methyl sites for hydroxylation is 1. The highest BCUT2D eigenvalue weighted by Crippen LogP contribution is 2.18. The van der Waals surface area contributed by atoms with E-state index in [4.69, 9.17) is 0 Å². The van der Waals surface area contributed by atoms with Crippen LogP contribution >= 0.6 is 0 Å². The molecule has 2 N–H and O–H groups in total. The minimum atomic E-state index is -0.666. The number of aromatic amines is 1. The molecule has 0 saturated carbocycles. The Bertz CT molecular complexity index is 629. The number of rotatable bonds is 4. The van der Waals surface area contributed by atoms with Crippen LogP contribution in [0.5, 0.6) is 0 Å². The molecule has 2 aromatic rings. The molecular weight excluding hydrogens is 252 g/mol. The first-order valence-electron chi connectivity index (χ1n) is 5.56. The number of hydrogen-bond donors (Lipinski definition) is 2. The van der Waals surface area contributed by atoms with Gasteiger partial charge in [-0.05, 0) is 13.8 Å². The number of nitrogens with one attached hydrogen (secondary N) is 2. The topological polar surface area (TPSA) is 119 Å². The van der Waals surface area contributed by atoms with Crippen LogP contribution in [-0.2, 0) is 6.54 Å². The molecule has 0 spiro atoms. The highest BCUT2D eigenvalue weighted by Gasteiger charge is 2.23. The zero-order valence-electron chi connectivity index (χ0n) is 10.4. The first-order chi connectivity index (χ1) is 9.04. The molecule has 0 saturated heterocycles. The van der Waals surface area contributed by atoms with Gasteiger partial charge < -0.3 is 5.32 Å². The summed E-state index contributed by atoms with van der Waals surface area (Å²) in [6.07, 6.45) is 2.50. The minimum absolute atomic E-state index is 0.186. The van der Waals surface area contributed by atoms with Crippen LogP contribution in [0.2, 0.25) is 0 Å². The third-order valence-corrected chi connectivity index (χ3v) is 2.69. The molecule has 0 unspecified atom stereocenters. The summed E-state index contributed by atoms with van der Waals surface area (Å²) < 4.78 is 1.71. The Morgan fingerprint density at radius 3 is 2.89 bits per heavy atom. The number of anilines is 1. The maximum Gasteiger partial charge on any atom is 0.319 e. The summed E-state index contributed by atoms with van der Waals surface area (Å²) in [4.78, 5) is 22.0. The number of hydrogen-bond acceptors (Lipinski definition) is 5. The van der Waals surface area contributed by atoms with Crippen molar-refractivity contribution in [2.75, 3.05) is 5.32 Å². The van der Waals surface area contributed by atoms with Crippen LogP contribution in [0.15, 0.2) is 12.4 Å². The molecule has 2 rings (SSSR count). The van der Waals surface area contributed by atoms with Gasteiger partial charge in [0.1, 0.15) is 6.20 Å². The molecule has 100 valence electrons. The van der Waals surface area contributed by atoms with Crippen LogP contribution in [0.4, 0.5) is 11.4 Å². The van der Waals surface area contributed by atoms with Gasteiger partial charge in [0.15, 0.2) is 0 Å². The number of nitro groups is 1. The lowest BCUT2D eigenvalue weighted by atomic mass is 10.3. The molecule has 9 nitrogen and oxygen atoms in total. The monoisotopic (exact) mass is 264 g/mol. The highest BCUT2D eigenvalue weighted by atomic mass is 16.6. The summed E-state index contributed by atoms with van der Waals surface area (Å²) in [6, 6.07) is 0. The van der Waals surface area contributed by atoms with Crippen molar-refractivity contribution in [3.63, 3.8) is 0 Å². The van der Waals surface area contributed by atoms with Crippen LogP contribution in [0.3, 0.4) is 0 Å². The van der Waals surface area contributed by atoms with Crippen molar-refractivity contribution in [3.8, 4) is 0 Å². The van der Waals surface area contributed by atoms with Crippen molar-refractivity contribution in [1.29, 1.82) is 0 Å². The molecule has 0 aromatic carbocycles. The molecule has 0 bridgehead atoms. The number of aromatic nitrogens is 4. The smallest absolute Gasteiger partial charge is 0.317 e. The van der Waals surface area contributed by atoms with Crippen molar-refractivity contribution in [2.24, 2.45) is 0 Å². The molecule has 0 fully saturated rings. The van der Waals surface area contributed by atoms with Crippen LogP contribution in [0.25, 0.3) is 0 Å². The molecule has 0 aliphatic rings. The van der Waals surface area contributed by atoms with Gasteiger partial charge in [-0.1, -0.05) is 0 Å². The second-order valence-corrected chi connectivity index (χ2v) is 3.80. The van der Waals surface area contributed by atoms with Gasteiger partial charge in [-0.25, -0.2) is 0 Å². The molecule has 0 radical (unpaired) electrons. The summed E-state index contributed by atoms with van der Waals surface area (Å²) in [5.41, 5.74) is 0.737. The molecule has 0 atom stereocenters. The van der Waals surface area contributed by atoms with Crippen LogP contribution in [0, 0.1) is 17.0 Å². The first-order valence-corrected chi connectivity index (χ1v) is 5.56. The van der Waals surface area contributed by atoms with Crippen molar-refractivity contribution < 1.29 is 9.72 Å². The first kappa shape index (κ1) is 12.7. The fourth-order valence-electron chi connectivity index (χ4n) is 1.66. The van der Waals surface area contributed by atoms with Gasteiger partial charge >= 0.3 is 5.69 Å². The predicted molar refractivity (Wildman–Crippen MR) is 65.8 cm³/mol. The van der Waals surface area contributed by atoms with Crippen molar-refractivity contribution >= 4 is 17.3 Å². The third-order valence-electron chi connectivity index (χ3n) is 2.69. The number of carbonyl (C=O) groups excluding carboxylic acids is 1. The van der Waals surface area contributed by atoms with E-state index in [1.165, 1.54) is 6.20 Å². The lowest BCUT2D eigenvalue weighted by Crippen LogP contribution is -2.14. The Morgan fingerprint density at radius 2 is 2.32 bits per heavy atom. The summed E-state index contributed by atoms with van der Waals surface area (Å²) in [6.45, 7) is 4.39. The van der Waals surface area contributed by atoms with Crippen molar-refractivity contribution in [2.45, 2.75) is 20.4 Å². The van der Waals surface area contributed by atoms with E-state index in [1.54, 1.807) is 11.6 Å². The average Bonchev–Trinajstić information content (AvgIpc) is 2.97. The fourth-order valence-corrected chi connectivity index (χ4v) is 1.66. The van der Waals surface area contributed by atoms with Gasteiger partial charge in [0, 0.05) is 6.54 Å². The van der Waals surface area contributed by atoms with Crippen LogP contribution < -0.4 is 5.32 Å². The highest BCUT2D eigenvalue weighted by molar-refractivity contribution is 6.05. The van der Waals surface area contributed by atoms with Gasteiger partial charge in [0.05, 0.1) is 22.5 Å². The van der Waals surface area contributed by atoms with E-state index in [1.807, 2.05) is 6.92 Å². The number of H-pyrrole nitrogens is 1. The van der Waals surface area contributed by atoms with Gasteiger partial charge in [-0.3, -0.25) is 24.7 Å². The fraction of sp³-hybridized carbons (Fsp3) is 0.300. The van der Waals surface area contributed by atoms with E-state index >= 15 is 0 Å². The lowest BCUT2D eigenvalue weighted by molar-refractivity contribution is -0.385. The van der Waals surface area contributed by atoms with E-state index < -0.39 is 10.8 Å². The van der Waals surface area contributed by atoms with Crippen molar-refractivity contribution in [1.82, 2.24) is 20.0 Å². The van der Waals surface area contributed by atoms with E-state index in [0.717, 1.165) is 11.9 Å². The Morgan fingerprint density at radius 1 is 1.58 bits per heavy atom. The van der Waals surface area contributed by atoms with E-state index in [-0.39, 0.29) is 11.4 Å². The number of nitrogens with zero attached hydrogens (tertiary/aromatic N) is 4. The van der Waals surface area contributed by atoms with Crippen molar-refractivity contribution in [3.05, 3.63) is 33.9 Å². The van der Waals surface area contributed by atoms with E-state index in [2.05, 4.69) is 20.6 Å². The lowest BCUT2D eigenvalue weighted by Gasteiger charge is -2.03. The number of carbonyl (C=O) groups is 1. The zero-order valence-corrected chi connectivity index (χ0v) is 10.4. The standard InChI is InChI=1S/C10H12N6O3/c1-3-15-6(2)7(4-12-15)13-10(17)9-8(16(18)19)5-11-14-9/h4-5H,3H2,1-2H3,(H,11,14)(H,13,17). The Labute approximate surface area is 107 Å². The normalized spacial score (nSPS) is 10.4. The minimum Gasteiger partial charge on any atom is -0.317 e. The Balaban J connectivity index is 2.23. The van der Waals surface area contributed by atoms with E-state index in [0.29, 0.717) is 12.2 Å². The van der Waals surface area contributed by atoms with Gasteiger partial charge in [0.25, 0.3) is 5.91 Å². The molecule has 2 heterocycles. The predicted octanol–water partition coefficient (Wildman–Crippen LogP) is 1.10. The molecule has 1 amide bonds. The largest absolute Gasteiger partial charge is 0.319 e. The Kier molecular flexibility index (Phi) is 3.27. The second-order valence-electron chi connectivity index (χ2n) is 3.80. The van der Waals surface area contributed by atoms with Gasteiger partial charge in [0.2, 0.25) is 5.69 Å². The molecule has 2 aromatic heterocycles. The summed E-state index contributed by atoms with van der Waals surface area (Å²) in [5.74, 6) is -0.622. The summed E-state index contributed by atoms with van der Waals surface area (Å²) in [7, 11) is 0. The van der Waals surface area contributed by atoms with Gasteiger partial charge in [-0.15, -0.1) is 0 Å². The SMILES string of the molecule is CCn1ncc(NC(=O)c2[nH]ncc2[N+](=O)[O-])c1C. The quantitative estimate of drug-likeness (QED) is 0.633. The summed E-state index contributed by atoms with van der Waals surface area (Å²) >= 11 is 0. The van der Waals surface area contributed by atoms with Crippen LogP contribution in [-0.4, -0.2) is 30.8 Å². The molecular formula is C10H12N6O3. The van der Waals surface area contributed by atoms with Crippen LogP contribution in [0.1, 0.15) is 23.1 Å². The molecule has 19 heavy (non-hydrogen) atoms. The zero-order chi connectivity index (χ0) is 14.0. The third kappa shape index (κ3) is 2.30. The summed E-state index contributed by atoms with van der Waals surface area (Å²) in [5, 5.41) is 23.2. The second kappa shape index (κ2) is 4.88. The maximum absolute atomic E-state index is 11.9.